The summed E-state index contributed by atoms with van der Waals surface area (Å²) in [5.74, 6) is 6.31. The molecule has 0 saturated carbocycles. The summed E-state index contributed by atoms with van der Waals surface area (Å²) in [5, 5.41) is 19.2. The molecule has 0 spiro atoms. The third kappa shape index (κ3) is 3.02. The summed E-state index contributed by atoms with van der Waals surface area (Å²) in [5.41, 5.74) is 4.90. The number of hydrogen-bond acceptors (Lipinski definition) is 9. The van der Waals surface area contributed by atoms with Crippen LogP contribution >= 0.6 is 11.8 Å². The predicted octanol–water partition coefficient (Wildman–Crippen LogP) is 0.721. The van der Waals surface area contributed by atoms with Crippen molar-refractivity contribution in [3.05, 3.63) is 22.1 Å². The topological polar surface area (TPSA) is 152 Å². The van der Waals surface area contributed by atoms with E-state index in [0.29, 0.717) is 11.0 Å². The fraction of sp³-hybridized carbons (Fsp3) is 0.400. The van der Waals surface area contributed by atoms with Crippen LogP contribution in [-0.4, -0.2) is 29.8 Å². The zero-order valence-corrected chi connectivity index (χ0v) is 12.5. The number of nitrogens with zero attached hydrogens (tertiary/aromatic N) is 6. The first-order valence-electron chi connectivity index (χ1n) is 5.86. The summed E-state index contributed by atoms with van der Waals surface area (Å²) in [7, 11) is 0. The number of aromatic nitrogens is 5. The average molecular weight is 310 g/mol. The van der Waals surface area contributed by atoms with Crippen LogP contribution in [0.1, 0.15) is 26.6 Å². The molecule has 0 atom stereocenters. The third-order valence-corrected chi connectivity index (χ3v) is 3.33. The van der Waals surface area contributed by atoms with Crippen molar-refractivity contribution >= 4 is 23.3 Å². The van der Waals surface area contributed by atoms with Crippen molar-refractivity contribution in [3.63, 3.8) is 0 Å². The Morgan fingerprint density at radius 2 is 2.05 bits per heavy atom. The number of hydrogen-bond donors (Lipinski definition) is 2. The lowest BCUT2D eigenvalue weighted by molar-refractivity contribution is -0.384. The predicted molar refractivity (Wildman–Crippen MR) is 76.1 cm³/mol. The molecular formula is C10H14N8O2S. The summed E-state index contributed by atoms with van der Waals surface area (Å²) in [6.07, 6.45) is 1.05. The molecule has 2 rings (SSSR count). The number of nitrogens with two attached hydrogens (primary N) is 2. The molecule has 0 fully saturated rings. The first kappa shape index (κ1) is 15.0. The van der Waals surface area contributed by atoms with Gasteiger partial charge in [-0.15, -0.1) is 10.2 Å². The van der Waals surface area contributed by atoms with Gasteiger partial charge in [-0.05, 0) is 11.8 Å². The van der Waals surface area contributed by atoms with Crippen molar-refractivity contribution in [3.8, 4) is 0 Å². The minimum Gasteiger partial charge on any atom is -0.378 e. The highest BCUT2D eigenvalue weighted by molar-refractivity contribution is 7.99. The van der Waals surface area contributed by atoms with Gasteiger partial charge in [0.25, 0.3) is 0 Å². The number of nitro groups is 1. The lowest BCUT2D eigenvalue weighted by Gasteiger charge is -2.16. The van der Waals surface area contributed by atoms with Crippen LogP contribution in [0.25, 0.3) is 0 Å². The van der Waals surface area contributed by atoms with Crippen LogP contribution in [0.5, 0.6) is 0 Å². The fourth-order valence-corrected chi connectivity index (χ4v) is 2.18. The summed E-state index contributed by atoms with van der Waals surface area (Å²) in [6, 6.07) is 0. The van der Waals surface area contributed by atoms with Gasteiger partial charge in [0, 0.05) is 5.41 Å². The van der Waals surface area contributed by atoms with E-state index >= 15 is 0 Å². The average Bonchev–Trinajstić information content (AvgIpc) is 2.70. The molecule has 0 aromatic carbocycles. The van der Waals surface area contributed by atoms with E-state index in [0.717, 1.165) is 18.0 Å². The highest BCUT2D eigenvalue weighted by Crippen LogP contribution is 2.28. The van der Waals surface area contributed by atoms with Gasteiger partial charge in [0.2, 0.25) is 11.0 Å². The molecule has 2 aromatic heterocycles. The molecular weight excluding hydrogens is 296 g/mol. The van der Waals surface area contributed by atoms with E-state index in [-0.39, 0.29) is 22.1 Å². The largest absolute Gasteiger partial charge is 0.378 e. The molecule has 4 N–H and O–H groups in total. The summed E-state index contributed by atoms with van der Waals surface area (Å²) in [4.78, 5) is 17.7. The van der Waals surface area contributed by atoms with Crippen LogP contribution in [0.2, 0.25) is 0 Å². The zero-order chi connectivity index (χ0) is 15.8. The van der Waals surface area contributed by atoms with Crippen LogP contribution in [0.3, 0.4) is 0 Å². The van der Waals surface area contributed by atoms with E-state index in [9.17, 15) is 10.1 Å². The zero-order valence-electron chi connectivity index (χ0n) is 11.6. The molecule has 0 radical (unpaired) electrons. The van der Waals surface area contributed by atoms with Gasteiger partial charge in [0.1, 0.15) is 6.20 Å². The fourth-order valence-electron chi connectivity index (χ4n) is 1.50. The van der Waals surface area contributed by atoms with E-state index in [1.54, 1.807) is 0 Å². The first-order chi connectivity index (χ1) is 9.70. The maximum Gasteiger partial charge on any atom is 0.329 e. The van der Waals surface area contributed by atoms with Gasteiger partial charge in [-0.1, -0.05) is 20.8 Å². The van der Waals surface area contributed by atoms with Crippen LogP contribution < -0.4 is 11.6 Å². The Bertz CT molecular complexity index is 693. The van der Waals surface area contributed by atoms with E-state index < -0.39 is 4.92 Å². The monoisotopic (exact) mass is 310 g/mol. The third-order valence-electron chi connectivity index (χ3n) is 2.49. The lowest BCUT2D eigenvalue weighted by atomic mass is 9.96. The molecule has 21 heavy (non-hydrogen) atoms. The van der Waals surface area contributed by atoms with Crippen LogP contribution in [0.15, 0.2) is 16.5 Å². The van der Waals surface area contributed by atoms with Crippen LogP contribution in [0.4, 0.5) is 11.5 Å². The van der Waals surface area contributed by atoms with E-state index in [4.69, 9.17) is 11.6 Å². The van der Waals surface area contributed by atoms with Gasteiger partial charge in [0.05, 0.1) is 4.92 Å². The highest BCUT2D eigenvalue weighted by Gasteiger charge is 2.24. The highest BCUT2D eigenvalue weighted by atomic mass is 32.2. The SMILES string of the molecule is CC(C)(C)c1nnc(Sc2ncc([N+](=O)[O-])c(N)n2)n1N. The van der Waals surface area contributed by atoms with Gasteiger partial charge in [-0.25, -0.2) is 9.66 Å². The Labute approximate surface area is 124 Å². The Morgan fingerprint density at radius 1 is 1.38 bits per heavy atom. The second-order valence-electron chi connectivity index (χ2n) is 5.21. The minimum absolute atomic E-state index is 0.206. The van der Waals surface area contributed by atoms with Gasteiger partial charge in [-0.2, -0.15) is 4.98 Å². The maximum atomic E-state index is 10.7. The van der Waals surface area contributed by atoms with Crippen molar-refractivity contribution in [1.82, 2.24) is 24.8 Å². The molecule has 11 heteroatoms. The summed E-state index contributed by atoms with van der Waals surface area (Å²) >= 11 is 1.03. The quantitative estimate of drug-likeness (QED) is 0.361. The standard InChI is InChI=1S/C10H14N8O2S/c1-10(2,3)7-15-16-9(17(7)12)21-8-13-4-5(18(19)20)6(11)14-8/h4H,12H2,1-3H3,(H2,11,13,14). The van der Waals surface area contributed by atoms with Crippen LogP contribution in [0, 0.1) is 10.1 Å². The smallest absolute Gasteiger partial charge is 0.329 e. The Morgan fingerprint density at radius 3 is 2.52 bits per heavy atom. The molecule has 2 aromatic rings. The molecule has 0 bridgehead atoms. The molecule has 0 amide bonds. The number of anilines is 1. The van der Waals surface area contributed by atoms with Gasteiger partial charge >= 0.3 is 5.69 Å². The van der Waals surface area contributed by atoms with E-state index in [1.807, 2.05) is 20.8 Å². The second-order valence-corrected chi connectivity index (χ2v) is 6.14. The molecule has 0 saturated heterocycles. The number of nitrogen functional groups attached to an aromatic ring is 2. The Hall–Kier alpha value is -2.43. The number of rotatable bonds is 3. The Kier molecular flexibility index (Phi) is 3.68. The van der Waals surface area contributed by atoms with E-state index in [2.05, 4.69) is 20.2 Å². The van der Waals surface area contributed by atoms with Gasteiger partial charge in [0.15, 0.2) is 11.0 Å². The van der Waals surface area contributed by atoms with Crippen molar-refractivity contribution in [2.75, 3.05) is 11.6 Å². The molecule has 0 aliphatic heterocycles. The maximum absolute atomic E-state index is 10.7. The Balaban J connectivity index is 2.29. The lowest BCUT2D eigenvalue weighted by Crippen LogP contribution is -2.24. The molecule has 112 valence electrons. The molecule has 2 heterocycles. The molecule has 0 unspecified atom stereocenters. The van der Waals surface area contributed by atoms with Crippen molar-refractivity contribution in [2.45, 2.75) is 36.5 Å². The van der Waals surface area contributed by atoms with Crippen molar-refractivity contribution in [1.29, 1.82) is 0 Å². The minimum atomic E-state index is -0.646. The molecule has 0 aliphatic rings. The normalized spacial score (nSPS) is 11.6. The second kappa shape index (κ2) is 5.16. The van der Waals surface area contributed by atoms with Crippen molar-refractivity contribution < 1.29 is 4.92 Å². The van der Waals surface area contributed by atoms with Crippen LogP contribution in [-0.2, 0) is 5.41 Å². The summed E-state index contributed by atoms with van der Waals surface area (Å²) in [6.45, 7) is 5.86. The molecule has 10 nitrogen and oxygen atoms in total. The van der Waals surface area contributed by atoms with E-state index in [1.165, 1.54) is 4.68 Å². The molecule has 0 aliphatic carbocycles. The van der Waals surface area contributed by atoms with Gasteiger partial charge in [-0.3, -0.25) is 10.1 Å². The van der Waals surface area contributed by atoms with Gasteiger partial charge < -0.3 is 11.6 Å². The van der Waals surface area contributed by atoms with Crippen molar-refractivity contribution in [2.24, 2.45) is 0 Å². The first-order valence-corrected chi connectivity index (χ1v) is 6.67. The summed E-state index contributed by atoms with van der Waals surface area (Å²) < 4.78 is 1.34.